The number of aromatic nitrogens is 2. The predicted octanol–water partition coefficient (Wildman–Crippen LogP) is 2.67. The summed E-state index contributed by atoms with van der Waals surface area (Å²) in [5, 5.41) is 19.1. The number of amides is 1. The Morgan fingerprint density at radius 1 is 1.35 bits per heavy atom. The summed E-state index contributed by atoms with van der Waals surface area (Å²) >= 11 is 0. The Balaban J connectivity index is 1.94. The SMILES string of the molecule is CC(C)(C)c1cc(C(=O)NC2CCC(O)(C(F)(F)F)CC2)n[nH]1. The number of aromatic amines is 1. The lowest BCUT2D eigenvalue weighted by Gasteiger charge is -2.37. The topological polar surface area (TPSA) is 78.0 Å². The first-order valence-corrected chi connectivity index (χ1v) is 7.58. The molecule has 0 bridgehead atoms. The van der Waals surface area contributed by atoms with E-state index in [9.17, 15) is 23.1 Å². The van der Waals surface area contributed by atoms with Gasteiger partial charge in [-0.1, -0.05) is 20.8 Å². The Labute approximate surface area is 132 Å². The molecule has 0 atom stereocenters. The van der Waals surface area contributed by atoms with Crippen LogP contribution in [0.15, 0.2) is 6.07 Å². The van der Waals surface area contributed by atoms with Crippen molar-refractivity contribution in [3.8, 4) is 0 Å². The zero-order valence-corrected chi connectivity index (χ0v) is 13.4. The highest BCUT2D eigenvalue weighted by Gasteiger charge is 2.54. The van der Waals surface area contributed by atoms with E-state index in [1.165, 1.54) is 0 Å². The molecule has 1 heterocycles. The van der Waals surface area contributed by atoms with Crippen LogP contribution in [0.25, 0.3) is 0 Å². The molecule has 1 saturated carbocycles. The maximum Gasteiger partial charge on any atom is 0.417 e. The Morgan fingerprint density at radius 3 is 2.35 bits per heavy atom. The van der Waals surface area contributed by atoms with Gasteiger partial charge in [0.25, 0.3) is 5.91 Å². The molecule has 1 aliphatic carbocycles. The van der Waals surface area contributed by atoms with E-state index in [4.69, 9.17) is 0 Å². The van der Waals surface area contributed by atoms with E-state index >= 15 is 0 Å². The number of aliphatic hydroxyl groups is 1. The second-order valence-corrected chi connectivity index (χ2v) is 7.19. The molecule has 3 N–H and O–H groups in total. The Kier molecular flexibility index (Phi) is 4.49. The van der Waals surface area contributed by atoms with Gasteiger partial charge in [-0.15, -0.1) is 0 Å². The number of alkyl halides is 3. The lowest BCUT2D eigenvalue weighted by molar-refractivity contribution is -0.270. The first-order valence-electron chi connectivity index (χ1n) is 7.58. The summed E-state index contributed by atoms with van der Waals surface area (Å²) in [6.45, 7) is 5.92. The van der Waals surface area contributed by atoms with Gasteiger partial charge in [-0.05, 0) is 31.7 Å². The highest BCUT2D eigenvalue weighted by molar-refractivity contribution is 5.92. The van der Waals surface area contributed by atoms with Gasteiger partial charge in [0, 0.05) is 17.2 Å². The second-order valence-electron chi connectivity index (χ2n) is 7.19. The fourth-order valence-electron chi connectivity index (χ4n) is 2.60. The average molecular weight is 333 g/mol. The molecule has 1 amide bonds. The molecule has 1 aromatic rings. The van der Waals surface area contributed by atoms with Gasteiger partial charge in [-0.3, -0.25) is 9.89 Å². The van der Waals surface area contributed by atoms with Crippen molar-refractivity contribution in [2.75, 3.05) is 0 Å². The van der Waals surface area contributed by atoms with E-state index < -0.39 is 30.5 Å². The maximum atomic E-state index is 12.7. The molecule has 23 heavy (non-hydrogen) atoms. The number of rotatable bonds is 2. The molecule has 1 fully saturated rings. The number of carbonyl (C=O) groups is 1. The highest BCUT2D eigenvalue weighted by atomic mass is 19.4. The zero-order chi connectivity index (χ0) is 17.5. The molecule has 0 unspecified atom stereocenters. The first-order chi connectivity index (χ1) is 10.4. The standard InChI is InChI=1S/C15H22F3N3O2/c1-13(2,3)11-8-10(20-21-11)12(22)19-9-4-6-14(23,7-5-9)15(16,17)18/h8-9,23H,4-7H2,1-3H3,(H,19,22)(H,20,21). The van der Waals surface area contributed by atoms with Gasteiger partial charge in [0.05, 0.1) is 0 Å². The van der Waals surface area contributed by atoms with E-state index in [1.807, 2.05) is 20.8 Å². The smallest absolute Gasteiger partial charge is 0.380 e. The minimum atomic E-state index is -4.63. The number of hydrogen-bond acceptors (Lipinski definition) is 3. The van der Waals surface area contributed by atoms with Crippen LogP contribution in [0.4, 0.5) is 13.2 Å². The maximum absolute atomic E-state index is 12.7. The van der Waals surface area contributed by atoms with Crippen molar-refractivity contribution in [2.45, 2.75) is 69.7 Å². The lowest BCUT2D eigenvalue weighted by Crippen LogP contribution is -2.51. The van der Waals surface area contributed by atoms with E-state index in [0.717, 1.165) is 5.69 Å². The number of nitrogens with zero attached hydrogens (tertiary/aromatic N) is 1. The summed E-state index contributed by atoms with van der Waals surface area (Å²) < 4.78 is 38.2. The van der Waals surface area contributed by atoms with Gasteiger partial charge >= 0.3 is 6.18 Å². The van der Waals surface area contributed by atoms with Gasteiger partial charge in [-0.2, -0.15) is 18.3 Å². The summed E-state index contributed by atoms with van der Waals surface area (Å²) in [4.78, 5) is 12.1. The summed E-state index contributed by atoms with van der Waals surface area (Å²) in [5.41, 5.74) is -1.80. The van der Waals surface area contributed by atoms with Crippen LogP contribution in [0.1, 0.15) is 62.6 Å². The van der Waals surface area contributed by atoms with Crippen LogP contribution in [0.3, 0.4) is 0 Å². The zero-order valence-electron chi connectivity index (χ0n) is 13.4. The first kappa shape index (κ1) is 17.8. The predicted molar refractivity (Wildman–Crippen MR) is 78.0 cm³/mol. The molecular weight excluding hydrogens is 311 g/mol. The van der Waals surface area contributed by atoms with Crippen molar-refractivity contribution in [3.05, 3.63) is 17.5 Å². The Hall–Kier alpha value is -1.57. The van der Waals surface area contributed by atoms with Gasteiger partial charge in [0.1, 0.15) is 5.69 Å². The molecule has 0 saturated heterocycles. The van der Waals surface area contributed by atoms with Gasteiger partial charge < -0.3 is 10.4 Å². The molecule has 0 aliphatic heterocycles. The van der Waals surface area contributed by atoms with Crippen LogP contribution in [-0.4, -0.2) is 39.0 Å². The van der Waals surface area contributed by atoms with Gasteiger partial charge in [-0.25, -0.2) is 0 Å². The third-order valence-electron chi connectivity index (χ3n) is 4.29. The normalized spacial score (nSPS) is 26.1. The minimum Gasteiger partial charge on any atom is -0.380 e. The molecule has 1 aliphatic rings. The molecule has 8 heteroatoms. The third kappa shape index (κ3) is 3.85. The van der Waals surface area contributed by atoms with Crippen molar-refractivity contribution in [1.29, 1.82) is 0 Å². The number of H-pyrrole nitrogens is 1. The average Bonchev–Trinajstić information content (AvgIpc) is 2.90. The minimum absolute atomic E-state index is 0.0816. The highest BCUT2D eigenvalue weighted by Crippen LogP contribution is 2.41. The fraction of sp³-hybridized carbons (Fsp3) is 0.733. The summed E-state index contributed by atoms with van der Waals surface area (Å²) in [5.74, 6) is -0.417. The molecule has 0 spiro atoms. The molecular formula is C15H22F3N3O2. The van der Waals surface area contributed by atoms with Crippen LogP contribution in [0.5, 0.6) is 0 Å². The van der Waals surface area contributed by atoms with Gasteiger partial charge in [0.2, 0.25) is 0 Å². The molecule has 5 nitrogen and oxygen atoms in total. The summed E-state index contributed by atoms with van der Waals surface area (Å²) in [6.07, 6.45) is -5.28. The van der Waals surface area contributed by atoms with E-state index in [-0.39, 0.29) is 30.0 Å². The van der Waals surface area contributed by atoms with Crippen LogP contribution < -0.4 is 5.32 Å². The monoisotopic (exact) mass is 333 g/mol. The van der Waals surface area contributed by atoms with E-state index in [0.29, 0.717) is 0 Å². The van der Waals surface area contributed by atoms with E-state index in [2.05, 4.69) is 15.5 Å². The van der Waals surface area contributed by atoms with Gasteiger partial charge in [0.15, 0.2) is 5.60 Å². The number of halogens is 3. The van der Waals surface area contributed by atoms with Crippen LogP contribution >= 0.6 is 0 Å². The summed E-state index contributed by atoms with van der Waals surface area (Å²) in [6, 6.07) is 1.25. The van der Waals surface area contributed by atoms with Crippen molar-refractivity contribution in [2.24, 2.45) is 0 Å². The van der Waals surface area contributed by atoms with Crippen molar-refractivity contribution < 1.29 is 23.1 Å². The molecule has 130 valence electrons. The third-order valence-corrected chi connectivity index (χ3v) is 4.29. The number of carbonyl (C=O) groups excluding carboxylic acids is 1. The van der Waals surface area contributed by atoms with Crippen LogP contribution in [0, 0.1) is 0 Å². The van der Waals surface area contributed by atoms with Crippen LogP contribution in [0.2, 0.25) is 0 Å². The number of hydrogen-bond donors (Lipinski definition) is 3. The van der Waals surface area contributed by atoms with Crippen molar-refractivity contribution in [1.82, 2.24) is 15.5 Å². The Morgan fingerprint density at radius 2 is 1.91 bits per heavy atom. The fourth-order valence-corrected chi connectivity index (χ4v) is 2.60. The molecule has 0 radical (unpaired) electrons. The number of nitrogens with one attached hydrogen (secondary N) is 2. The molecule has 1 aromatic heterocycles. The van der Waals surface area contributed by atoms with Crippen molar-refractivity contribution >= 4 is 5.91 Å². The van der Waals surface area contributed by atoms with Crippen molar-refractivity contribution in [3.63, 3.8) is 0 Å². The lowest BCUT2D eigenvalue weighted by atomic mass is 9.81. The Bertz CT molecular complexity index is 567. The molecule has 2 rings (SSSR count). The second kappa shape index (κ2) is 5.81. The quantitative estimate of drug-likeness (QED) is 0.779. The van der Waals surface area contributed by atoms with Crippen LogP contribution in [-0.2, 0) is 5.41 Å². The largest absolute Gasteiger partial charge is 0.417 e. The summed E-state index contributed by atoms with van der Waals surface area (Å²) in [7, 11) is 0. The van der Waals surface area contributed by atoms with E-state index in [1.54, 1.807) is 6.07 Å². The molecule has 0 aromatic carbocycles.